The maximum Gasteiger partial charge on any atom is 0.243 e. The number of aliphatic hydroxyl groups excluding tert-OH is 1. The van der Waals surface area contributed by atoms with Gasteiger partial charge < -0.3 is 24.4 Å². The van der Waals surface area contributed by atoms with Crippen molar-refractivity contribution in [2.75, 3.05) is 53.0 Å². The third kappa shape index (κ3) is 5.75. The number of ether oxygens (including phenoxy) is 2. The van der Waals surface area contributed by atoms with Crippen LogP contribution in [-0.4, -0.2) is 111 Å². The molecule has 0 radical (unpaired) electrons. The van der Waals surface area contributed by atoms with E-state index in [9.17, 15) is 18.3 Å². The molecule has 3 heterocycles. The molecule has 3 aliphatic heterocycles. The standard InChI is InChI=1S/C23H35N3O6S/c1-17-4-3-5-20(12-17)33(29,30)26-14-18(27)15-31-16-22-21(26)7-6-19(32-22)13-23(28)25-10-8-24(2)9-11-25/h3-5,12,18-19,21-22,27H,6-11,13-16H2,1-2H3/t18-,19-,21-,22+/m1/s1. The second-order valence-electron chi connectivity index (χ2n) is 9.41. The van der Waals surface area contributed by atoms with Crippen molar-refractivity contribution < 1.29 is 27.8 Å². The maximum absolute atomic E-state index is 13.6. The number of likely N-dealkylation sites (N-methyl/N-ethyl adjacent to an activating group) is 1. The van der Waals surface area contributed by atoms with Gasteiger partial charge in [0.2, 0.25) is 15.9 Å². The van der Waals surface area contributed by atoms with Crippen molar-refractivity contribution in [3.05, 3.63) is 29.8 Å². The summed E-state index contributed by atoms with van der Waals surface area (Å²) in [5.41, 5.74) is 0.853. The van der Waals surface area contributed by atoms with E-state index in [0.29, 0.717) is 19.3 Å². The zero-order chi connectivity index (χ0) is 23.6. The first-order valence-corrected chi connectivity index (χ1v) is 13.1. The molecule has 1 aromatic rings. The van der Waals surface area contributed by atoms with Crippen LogP contribution < -0.4 is 0 Å². The summed E-state index contributed by atoms with van der Waals surface area (Å²) < 4.78 is 40.4. The number of fused-ring (bicyclic) bond motifs is 1. The fourth-order valence-electron chi connectivity index (χ4n) is 4.86. The molecule has 1 amide bonds. The highest BCUT2D eigenvalue weighted by Crippen LogP contribution is 2.32. The van der Waals surface area contributed by atoms with Crippen LogP contribution in [0.15, 0.2) is 29.2 Å². The molecule has 3 fully saturated rings. The molecule has 33 heavy (non-hydrogen) atoms. The van der Waals surface area contributed by atoms with E-state index < -0.39 is 28.3 Å². The van der Waals surface area contributed by atoms with E-state index >= 15 is 0 Å². The lowest BCUT2D eigenvalue weighted by Gasteiger charge is -2.44. The van der Waals surface area contributed by atoms with Crippen LogP contribution in [0.2, 0.25) is 0 Å². The average molecular weight is 482 g/mol. The highest BCUT2D eigenvalue weighted by molar-refractivity contribution is 7.89. The molecule has 0 unspecified atom stereocenters. The molecule has 1 aromatic carbocycles. The average Bonchev–Trinajstić information content (AvgIpc) is 2.77. The normalized spacial score (nSPS) is 30.3. The number of benzene rings is 1. The zero-order valence-corrected chi connectivity index (χ0v) is 20.2. The van der Waals surface area contributed by atoms with E-state index in [1.807, 2.05) is 24.9 Å². The number of hydrogen-bond donors (Lipinski definition) is 1. The first-order valence-electron chi connectivity index (χ1n) is 11.7. The van der Waals surface area contributed by atoms with Gasteiger partial charge in [0.15, 0.2) is 0 Å². The highest BCUT2D eigenvalue weighted by Gasteiger charge is 2.43. The van der Waals surface area contributed by atoms with Gasteiger partial charge in [-0.25, -0.2) is 8.42 Å². The monoisotopic (exact) mass is 481 g/mol. The fraction of sp³-hybridized carbons (Fsp3) is 0.696. The summed E-state index contributed by atoms with van der Waals surface area (Å²) in [5, 5.41) is 10.3. The molecule has 0 aliphatic carbocycles. The number of aliphatic hydroxyl groups is 1. The summed E-state index contributed by atoms with van der Waals surface area (Å²) in [6, 6.07) is 6.35. The molecule has 0 bridgehead atoms. The van der Waals surface area contributed by atoms with Crippen molar-refractivity contribution in [1.29, 1.82) is 0 Å². The summed E-state index contributed by atoms with van der Waals surface area (Å²) in [5.74, 6) is 0.0815. The number of rotatable bonds is 4. The molecule has 184 valence electrons. The molecule has 1 N–H and O–H groups in total. The maximum atomic E-state index is 13.6. The second-order valence-corrected chi connectivity index (χ2v) is 11.3. The number of carbonyl (C=O) groups is 1. The van der Waals surface area contributed by atoms with Crippen LogP contribution in [0.4, 0.5) is 0 Å². The predicted octanol–water partition coefficient (Wildman–Crippen LogP) is 0.457. The molecule has 3 aliphatic rings. The molecule has 0 aromatic heterocycles. The van der Waals surface area contributed by atoms with Gasteiger partial charge in [-0.2, -0.15) is 4.31 Å². The number of β-amino-alcohol motifs (C(OH)–C–C–N with tert-alkyl or cyclic N) is 1. The van der Waals surface area contributed by atoms with Crippen LogP contribution >= 0.6 is 0 Å². The second kappa shape index (κ2) is 10.4. The number of piperazine rings is 1. The minimum absolute atomic E-state index is 0.0390. The van der Waals surface area contributed by atoms with Crippen molar-refractivity contribution >= 4 is 15.9 Å². The molecule has 3 saturated heterocycles. The molecule has 9 nitrogen and oxygen atoms in total. The van der Waals surface area contributed by atoms with Crippen molar-refractivity contribution in [3.63, 3.8) is 0 Å². The number of aryl methyl sites for hydroxylation is 1. The van der Waals surface area contributed by atoms with Crippen LogP contribution in [0.3, 0.4) is 0 Å². The predicted molar refractivity (Wildman–Crippen MR) is 122 cm³/mol. The van der Waals surface area contributed by atoms with Gasteiger partial charge in [-0.15, -0.1) is 0 Å². The molecular formula is C23H35N3O6S. The Morgan fingerprint density at radius 3 is 2.64 bits per heavy atom. The summed E-state index contributed by atoms with van der Waals surface area (Å²) in [4.78, 5) is 17.1. The summed E-state index contributed by atoms with van der Waals surface area (Å²) in [7, 11) is -1.78. The van der Waals surface area contributed by atoms with Crippen molar-refractivity contribution in [2.24, 2.45) is 0 Å². The third-order valence-electron chi connectivity index (χ3n) is 6.79. The Labute approximate surface area is 196 Å². The van der Waals surface area contributed by atoms with E-state index in [-0.39, 0.29) is 36.7 Å². The quantitative estimate of drug-likeness (QED) is 0.667. The third-order valence-corrected chi connectivity index (χ3v) is 8.68. The SMILES string of the molecule is Cc1cccc(S(=O)(=O)N2C[C@@H](O)COC[C@@H]3O[C@@H](CC(=O)N4CCN(C)CC4)CC[C@H]32)c1. The lowest BCUT2D eigenvalue weighted by molar-refractivity contribution is -0.152. The van der Waals surface area contributed by atoms with E-state index in [1.54, 1.807) is 18.2 Å². The van der Waals surface area contributed by atoms with Crippen LogP contribution in [0.25, 0.3) is 0 Å². The van der Waals surface area contributed by atoms with Crippen LogP contribution in [0, 0.1) is 6.92 Å². The summed E-state index contributed by atoms with van der Waals surface area (Å²) in [6.07, 6.45) is -0.253. The van der Waals surface area contributed by atoms with E-state index in [1.165, 1.54) is 4.31 Å². The lowest BCUT2D eigenvalue weighted by Crippen LogP contribution is -2.57. The zero-order valence-electron chi connectivity index (χ0n) is 19.4. The van der Waals surface area contributed by atoms with Gasteiger partial charge in [-0.1, -0.05) is 12.1 Å². The molecule has 10 heteroatoms. The minimum Gasteiger partial charge on any atom is -0.389 e. The smallest absolute Gasteiger partial charge is 0.243 e. The van der Waals surface area contributed by atoms with Gasteiger partial charge in [0.05, 0.1) is 48.9 Å². The number of nitrogens with zero attached hydrogens (tertiary/aromatic N) is 3. The molecular weight excluding hydrogens is 446 g/mol. The van der Waals surface area contributed by atoms with Gasteiger partial charge >= 0.3 is 0 Å². The summed E-state index contributed by atoms with van der Waals surface area (Å²) in [6.45, 7) is 5.19. The Morgan fingerprint density at radius 2 is 1.91 bits per heavy atom. The fourth-order valence-corrected chi connectivity index (χ4v) is 6.68. The Balaban J connectivity index is 1.48. The lowest BCUT2D eigenvalue weighted by atomic mass is 9.96. The number of sulfonamides is 1. The molecule has 4 rings (SSSR count). The highest BCUT2D eigenvalue weighted by atomic mass is 32.2. The van der Waals surface area contributed by atoms with Crippen molar-refractivity contribution in [3.8, 4) is 0 Å². The Morgan fingerprint density at radius 1 is 1.15 bits per heavy atom. The van der Waals surface area contributed by atoms with Gasteiger partial charge in [0.1, 0.15) is 0 Å². The van der Waals surface area contributed by atoms with Crippen molar-refractivity contribution in [1.82, 2.24) is 14.1 Å². The Bertz CT molecular complexity index is 934. The van der Waals surface area contributed by atoms with Gasteiger partial charge in [0.25, 0.3) is 0 Å². The van der Waals surface area contributed by atoms with Crippen LogP contribution in [0.5, 0.6) is 0 Å². The van der Waals surface area contributed by atoms with Crippen LogP contribution in [0.1, 0.15) is 24.8 Å². The first kappa shape index (κ1) is 24.6. The van der Waals surface area contributed by atoms with Gasteiger partial charge in [0, 0.05) is 32.7 Å². The van der Waals surface area contributed by atoms with Crippen LogP contribution in [-0.2, 0) is 24.3 Å². The van der Waals surface area contributed by atoms with Crippen molar-refractivity contribution in [2.45, 2.75) is 55.4 Å². The topological polar surface area (TPSA) is 99.6 Å². The largest absolute Gasteiger partial charge is 0.389 e. The Hall–Kier alpha value is -1.56. The van der Waals surface area contributed by atoms with E-state index in [4.69, 9.17) is 9.47 Å². The molecule has 0 spiro atoms. The molecule has 0 saturated carbocycles. The Kier molecular flexibility index (Phi) is 7.72. The first-order chi connectivity index (χ1) is 15.7. The number of carbonyl (C=O) groups excluding carboxylic acids is 1. The minimum atomic E-state index is -3.83. The van der Waals surface area contributed by atoms with Gasteiger partial charge in [-0.05, 0) is 44.5 Å². The summed E-state index contributed by atoms with van der Waals surface area (Å²) >= 11 is 0. The van der Waals surface area contributed by atoms with E-state index in [2.05, 4.69) is 4.90 Å². The number of hydrogen-bond acceptors (Lipinski definition) is 7. The molecule has 4 atom stereocenters. The van der Waals surface area contributed by atoms with Gasteiger partial charge in [-0.3, -0.25) is 4.79 Å². The number of amides is 1. The van der Waals surface area contributed by atoms with E-state index in [0.717, 1.165) is 31.7 Å².